The molecule has 0 saturated carbocycles. The molecule has 0 atom stereocenters. The monoisotopic (exact) mass is 120 g/mol. The summed E-state index contributed by atoms with van der Waals surface area (Å²) < 4.78 is 3.93. The normalized spacial score (nSPS) is 11.4. The van der Waals surface area contributed by atoms with Crippen molar-refractivity contribution in [1.82, 2.24) is 0 Å². The summed E-state index contributed by atoms with van der Waals surface area (Å²) in [5.41, 5.74) is 0. The zero-order chi connectivity index (χ0) is 6.62. The Morgan fingerprint density at radius 2 is 2.00 bits per heavy atom. The highest BCUT2D eigenvalue weighted by Crippen LogP contribution is 1.92. The van der Waals surface area contributed by atoms with Gasteiger partial charge >= 0.3 is 6.16 Å². The van der Waals surface area contributed by atoms with Gasteiger partial charge in [-0.3, -0.25) is 4.74 Å². The molecule has 0 aliphatic rings. The lowest BCUT2D eigenvalue weighted by Gasteiger charge is -2.11. The van der Waals surface area contributed by atoms with Crippen LogP contribution in [-0.2, 0) is 4.74 Å². The van der Waals surface area contributed by atoms with Crippen molar-refractivity contribution in [2.45, 2.75) is 6.16 Å². The lowest BCUT2D eigenvalue weighted by molar-refractivity contribution is -0.451. The molecule has 3 N–H and O–H groups in total. The number of hydrogen-bond acceptors (Lipinski definition) is 4. The second-order valence-corrected chi connectivity index (χ2v) is 1.17. The molecular formula is C4H8O4. The van der Waals surface area contributed by atoms with E-state index in [2.05, 4.69) is 11.3 Å². The third-order valence-electron chi connectivity index (χ3n) is 0.395. The molecule has 4 heteroatoms. The predicted octanol–water partition coefficient (Wildman–Crippen LogP) is -1.22. The summed E-state index contributed by atoms with van der Waals surface area (Å²) in [5, 5.41) is 24.0. The van der Waals surface area contributed by atoms with Gasteiger partial charge in [-0.2, -0.15) is 0 Å². The van der Waals surface area contributed by atoms with Crippen molar-refractivity contribution in [2.75, 3.05) is 6.61 Å². The summed E-state index contributed by atoms with van der Waals surface area (Å²) in [5.74, 6) is 0. The summed E-state index contributed by atoms with van der Waals surface area (Å²) in [6, 6.07) is 0. The van der Waals surface area contributed by atoms with Gasteiger partial charge in [-0.1, -0.05) is 6.08 Å². The molecule has 0 fully saturated rings. The van der Waals surface area contributed by atoms with Crippen LogP contribution in [0.15, 0.2) is 12.7 Å². The van der Waals surface area contributed by atoms with Gasteiger partial charge in [0, 0.05) is 0 Å². The summed E-state index contributed by atoms with van der Waals surface area (Å²) in [6.45, 7) is 3.10. The van der Waals surface area contributed by atoms with E-state index < -0.39 is 6.16 Å². The first-order chi connectivity index (χ1) is 3.56. The number of hydrogen-bond donors (Lipinski definition) is 3. The van der Waals surface area contributed by atoms with Crippen LogP contribution >= 0.6 is 0 Å². The van der Waals surface area contributed by atoms with Gasteiger partial charge in [0.1, 0.15) is 0 Å². The Hall–Kier alpha value is -0.420. The minimum atomic E-state index is -3.02. The minimum absolute atomic E-state index is 0.108. The third kappa shape index (κ3) is 5.58. The van der Waals surface area contributed by atoms with E-state index in [-0.39, 0.29) is 6.61 Å². The Labute approximate surface area is 46.6 Å². The highest BCUT2D eigenvalue weighted by molar-refractivity contribution is 4.63. The van der Waals surface area contributed by atoms with Crippen LogP contribution in [0, 0.1) is 0 Å². The molecule has 0 radical (unpaired) electrons. The second kappa shape index (κ2) is 2.78. The fraction of sp³-hybridized carbons (Fsp3) is 0.500. The Balaban J connectivity index is 3.24. The maximum absolute atomic E-state index is 7.99. The lowest BCUT2D eigenvalue weighted by atomic mass is 10.7. The Bertz CT molecular complexity index is 72.6. The standard InChI is InChI=1S/C4H8O4/c1-2-3-8-4(5,6)7/h2,5-7H,1,3H2. The molecule has 0 unspecified atom stereocenters. The van der Waals surface area contributed by atoms with Gasteiger partial charge in [0.05, 0.1) is 6.61 Å². The summed E-state index contributed by atoms with van der Waals surface area (Å²) >= 11 is 0. The van der Waals surface area contributed by atoms with Crippen molar-refractivity contribution in [3.63, 3.8) is 0 Å². The van der Waals surface area contributed by atoms with Crippen molar-refractivity contribution in [2.24, 2.45) is 0 Å². The first kappa shape index (κ1) is 7.58. The number of aliphatic hydroxyl groups is 3. The minimum Gasteiger partial charge on any atom is -0.319 e. The molecule has 0 spiro atoms. The first-order valence-corrected chi connectivity index (χ1v) is 1.98. The average Bonchev–Trinajstić information content (AvgIpc) is 1.59. The predicted molar refractivity (Wildman–Crippen MR) is 25.5 cm³/mol. The molecule has 0 bridgehead atoms. The lowest BCUT2D eigenvalue weighted by Crippen LogP contribution is -2.30. The maximum atomic E-state index is 7.99. The molecule has 4 nitrogen and oxygen atoms in total. The summed E-state index contributed by atoms with van der Waals surface area (Å²) in [7, 11) is 0. The van der Waals surface area contributed by atoms with Gasteiger partial charge in [-0.15, -0.1) is 6.58 Å². The first-order valence-electron chi connectivity index (χ1n) is 1.98. The van der Waals surface area contributed by atoms with Crippen molar-refractivity contribution < 1.29 is 20.1 Å². The van der Waals surface area contributed by atoms with E-state index in [1.165, 1.54) is 6.08 Å². The Morgan fingerprint density at radius 1 is 1.50 bits per heavy atom. The van der Waals surface area contributed by atoms with Crippen LogP contribution in [0.3, 0.4) is 0 Å². The average molecular weight is 120 g/mol. The van der Waals surface area contributed by atoms with Crippen molar-refractivity contribution in [1.29, 1.82) is 0 Å². The summed E-state index contributed by atoms with van der Waals surface area (Å²) in [6.07, 6.45) is -1.74. The van der Waals surface area contributed by atoms with E-state index in [9.17, 15) is 0 Å². The largest absolute Gasteiger partial charge is 0.405 e. The topological polar surface area (TPSA) is 69.9 Å². The molecule has 0 amide bonds. The van der Waals surface area contributed by atoms with Gasteiger partial charge < -0.3 is 15.3 Å². The molecule has 48 valence electrons. The second-order valence-electron chi connectivity index (χ2n) is 1.17. The summed E-state index contributed by atoms with van der Waals surface area (Å²) in [4.78, 5) is 0. The van der Waals surface area contributed by atoms with E-state index in [0.717, 1.165) is 0 Å². The zero-order valence-corrected chi connectivity index (χ0v) is 4.24. The molecule has 0 aliphatic carbocycles. The van der Waals surface area contributed by atoms with E-state index >= 15 is 0 Å². The fourth-order valence-electron chi connectivity index (χ4n) is 0.171. The maximum Gasteiger partial charge on any atom is 0.405 e. The highest BCUT2D eigenvalue weighted by Gasteiger charge is 2.16. The molecule has 0 aliphatic heterocycles. The van der Waals surface area contributed by atoms with Gasteiger partial charge in [-0.25, -0.2) is 0 Å². The zero-order valence-electron chi connectivity index (χ0n) is 4.24. The SMILES string of the molecule is C=CCOC(O)(O)O. The van der Waals surface area contributed by atoms with E-state index in [1.807, 2.05) is 0 Å². The molecule has 0 saturated heterocycles. The van der Waals surface area contributed by atoms with Crippen LogP contribution in [-0.4, -0.2) is 28.1 Å². The van der Waals surface area contributed by atoms with E-state index in [4.69, 9.17) is 15.3 Å². The van der Waals surface area contributed by atoms with Crippen LogP contribution in [0.1, 0.15) is 0 Å². The van der Waals surface area contributed by atoms with Gasteiger partial charge in [0.15, 0.2) is 0 Å². The number of rotatable bonds is 3. The molecule has 8 heavy (non-hydrogen) atoms. The van der Waals surface area contributed by atoms with Crippen molar-refractivity contribution in [3.05, 3.63) is 12.7 Å². The van der Waals surface area contributed by atoms with Gasteiger partial charge in [-0.05, 0) is 0 Å². The van der Waals surface area contributed by atoms with Crippen LogP contribution < -0.4 is 0 Å². The fourth-order valence-corrected chi connectivity index (χ4v) is 0.171. The highest BCUT2D eigenvalue weighted by atomic mass is 16.9. The molecule has 0 aromatic rings. The Kier molecular flexibility index (Phi) is 2.64. The van der Waals surface area contributed by atoms with Crippen LogP contribution in [0.4, 0.5) is 0 Å². The van der Waals surface area contributed by atoms with E-state index in [1.54, 1.807) is 0 Å². The third-order valence-corrected chi connectivity index (χ3v) is 0.395. The number of ether oxygens (including phenoxy) is 1. The molecule has 0 aromatic carbocycles. The van der Waals surface area contributed by atoms with Gasteiger partial charge in [0.2, 0.25) is 0 Å². The molecule has 0 aromatic heterocycles. The quantitative estimate of drug-likeness (QED) is 0.322. The van der Waals surface area contributed by atoms with E-state index in [0.29, 0.717) is 0 Å². The van der Waals surface area contributed by atoms with Gasteiger partial charge in [0.25, 0.3) is 0 Å². The molecule has 0 heterocycles. The van der Waals surface area contributed by atoms with Crippen LogP contribution in [0.2, 0.25) is 0 Å². The van der Waals surface area contributed by atoms with Crippen molar-refractivity contribution >= 4 is 0 Å². The van der Waals surface area contributed by atoms with Crippen molar-refractivity contribution in [3.8, 4) is 0 Å². The van der Waals surface area contributed by atoms with Crippen LogP contribution in [0.25, 0.3) is 0 Å². The molecular weight excluding hydrogens is 112 g/mol. The molecule has 0 rings (SSSR count). The van der Waals surface area contributed by atoms with Crippen LogP contribution in [0.5, 0.6) is 0 Å². The smallest absolute Gasteiger partial charge is 0.319 e. The Morgan fingerprint density at radius 3 is 2.12 bits per heavy atom.